The van der Waals surface area contributed by atoms with Crippen molar-refractivity contribution >= 4 is 17.0 Å². The molecule has 0 spiro atoms. The second-order valence-corrected chi connectivity index (χ2v) is 4.78. The summed E-state index contributed by atoms with van der Waals surface area (Å²) >= 11 is 1.78. The Hall–Kier alpha value is -0.540. The van der Waals surface area contributed by atoms with Gasteiger partial charge in [-0.15, -0.1) is 0 Å². The third-order valence-corrected chi connectivity index (χ3v) is 3.65. The predicted molar refractivity (Wildman–Crippen MR) is 63.2 cm³/mol. The largest absolute Gasteiger partial charge is 0.365 e. The third kappa shape index (κ3) is 1.93. The highest BCUT2D eigenvalue weighted by Crippen LogP contribution is 2.22. The van der Waals surface area contributed by atoms with Gasteiger partial charge in [-0.2, -0.15) is 11.3 Å². The number of nitrogens with zero attached hydrogens (tertiary/aromatic N) is 1. The zero-order chi connectivity index (χ0) is 9.97. The maximum atomic E-state index is 3.57. The lowest BCUT2D eigenvalue weighted by Crippen LogP contribution is -2.55. The monoisotopic (exact) mass is 210 g/mol. The first-order chi connectivity index (χ1) is 6.81. The number of hydrogen-bond donors (Lipinski definition) is 1. The first kappa shape index (κ1) is 9.99. The second-order valence-electron chi connectivity index (χ2n) is 4.00. The molecule has 0 amide bonds. The molecule has 0 aliphatic carbocycles. The van der Waals surface area contributed by atoms with Crippen LogP contribution < -0.4 is 10.2 Å². The molecule has 1 aliphatic rings. The molecular weight excluding hydrogens is 192 g/mol. The van der Waals surface area contributed by atoms with Gasteiger partial charge in [0, 0.05) is 36.2 Å². The molecule has 3 heteroatoms. The first-order valence-corrected chi connectivity index (χ1v) is 6.27. The van der Waals surface area contributed by atoms with E-state index < -0.39 is 0 Å². The highest BCUT2D eigenvalue weighted by molar-refractivity contribution is 7.08. The van der Waals surface area contributed by atoms with Gasteiger partial charge in [0.05, 0.1) is 0 Å². The van der Waals surface area contributed by atoms with E-state index in [1.54, 1.807) is 11.3 Å². The van der Waals surface area contributed by atoms with E-state index in [9.17, 15) is 0 Å². The van der Waals surface area contributed by atoms with Crippen LogP contribution in [0.4, 0.5) is 5.69 Å². The number of piperazine rings is 1. The zero-order valence-electron chi connectivity index (χ0n) is 8.86. The summed E-state index contributed by atoms with van der Waals surface area (Å²) in [6.45, 7) is 6.79. The van der Waals surface area contributed by atoms with Gasteiger partial charge >= 0.3 is 0 Å². The standard InChI is InChI=1S/C11H18N2S/c1-3-10-7-13(9(2)6-12-10)11-4-5-14-8-11/h4-5,8-10,12H,3,6-7H2,1-2H3. The number of thiophene rings is 1. The summed E-state index contributed by atoms with van der Waals surface area (Å²) in [5, 5.41) is 7.97. The van der Waals surface area contributed by atoms with Crippen LogP contribution >= 0.6 is 11.3 Å². The van der Waals surface area contributed by atoms with E-state index in [1.165, 1.54) is 12.1 Å². The van der Waals surface area contributed by atoms with Crippen molar-refractivity contribution in [3.63, 3.8) is 0 Å². The number of nitrogens with one attached hydrogen (secondary N) is 1. The highest BCUT2D eigenvalue weighted by Gasteiger charge is 2.23. The number of anilines is 1. The summed E-state index contributed by atoms with van der Waals surface area (Å²) in [7, 11) is 0. The van der Waals surface area contributed by atoms with Crippen molar-refractivity contribution in [2.45, 2.75) is 32.4 Å². The molecule has 1 aromatic heterocycles. The van der Waals surface area contributed by atoms with E-state index in [0.717, 1.165) is 13.1 Å². The fourth-order valence-electron chi connectivity index (χ4n) is 1.98. The molecule has 1 fully saturated rings. The van der Waals surface area contributed by atoms with Crippen LogP contribution in [0.1, 0.15) is 20.3 Å². The van der Waals surface area contributed by atoms with Gasteiger partial charge in [0.15, 0.2) is 0 Å². The summed E-state index contributed by atoms with van der Waals surface area (Å²) < 4.78 is 0. The Balaban J connectivity index is 2.09. The lowest BCUT2D eigenvalue weighted by atomic mass is 10.1. The molecule has 2 rings (SSSR count). The first-order valence-electron chi connectivity index (χ1n) is 5.33. The van der Waals surface area contributed by atoms with Crippen LogP contribution in [0.3, 0.4) is 0 Å². The lowest BCUT2D eigenvalue weighted by Gasteiger charge is -2.39. The van der Waals surface area contributed by atoms with Crippen molar-refractivity contribution in [2.75, 3.05) is 18.0 Å². The Morgan fingerprint density at radius 3 is 3.14 bits per heavy atom. The minimum absolute atomic E-state index is 0.618. The van der Waals surface area contributed by atoms with Crippen molar-refractivity contribution in [3.05, 3.63) is 16.8 Å². The molecule has 2 nitrogen and oxygen atoms in total. The topological polar surface area (TPSA) is 15.3 Å². The molecule has 0 saturated carbocycles. The minimum Gasteiger partial charge on any atom is -0.365 e. The summed E-state index contributed by atoms with van der Waals surface area (Å²) in [6, 6.07) is 3.50. The molecule has 0 aromatic carbocycles. The number of rotatable bonds is 2. The van der Waals surface area contributed by atoms with Gasteiger partial charge in [-0.1, -0.05) is 6.92 Å². The molecule has 0 radical (unpaired) electrons. The van der Waals surface area contributed by atoms with Gasteiger partial charge in [0.25, 0.3) is 0 Å². The van der Waals surface area contributed by atoms with E-state index in [-0.39, 0.29) is 0 Å². The maximum Gasteiger partial charge on any atom is 0.0478 e. The Morgan fingerprint density at radius 1 is 1.64 bits per heavy atom. The Morgan fingerprint density at radius 2 is 2.50 bits per heavy atom. The van der Waals surface area contributed by atoms with Crippen molar-refractivity contribution in [3.8, 4) is 0 Å². The molecule has 1 saturated heterocycles. The van der Waals surface area contributed by atoms with Gasteiger partial charge in [0.1, 0.15) is 0 Å². The highest BCUT2D eigenvalue weighted by atomic mass is 32.1. The van der Waals surface area contributed by atoms with E-state index in [0.29, 0.717) is 12.1 Å². The normalized spacial score (nSPS) is 28.0. The van der Waals surface area contributed by atoms with Crippen molar-refractivity contribution < 1.29 is 0 Å². The van der Waals surface area contributed by atoms with Crippen LogP contribution in [0.25, 0.3) is 0 Å². The Kier molecular flexibility index (Phi) is 3.08. The van der Waals surface area contributed by atoms with E-state index in [4.69, 9.17) is 0 Å². The average molecular weight is 210 g/mol. The lowest BCUT2D eigenvalue weighted by molar-refractivity contribution is 0.398. The SMILES string of the molecule is CCC1CN(c2ccsc2)C(C)CN1. The summed E-state index contributed by atoms with van der Waals surface area (Å²) in [6.07, 6.45) is 1.22. The summed E-state index contributed by atoms with van der Waals surface area (Å²) in [5.41, 5.74) is 1.39. The smallest absolute Gasteiger partial charge is 0.0478 e. The van der Waals surface area contributed by atoms with Gasteiger partial charge < -0.3 is 10.2 Å². The summed E-state index contributed by atoms with van der Waals surface area (Å²) in [4.78, 5) is 2.52. The molecule has 14 heavy (non-hydrogen) atoms. The van der Waals surface area contributed by atoms with Crippen LogP contribution in [0.15, 0.2) is 16.8 Å². The molecule has 78 valence electrons. The average Bonchev–Trinajstić information content (AvgIpc) is 2.71. The van der Waals surface area contributed by atoms with Crippen LogP contribution in [-0.4, -0.2) is 25.2 Å². The zero-order valence-corrected chi connectivity index (χ0v) is 9.68. The molecule has 1 aliphatic heterocycles. The van der Waals surface area contributed by atoms with E-state index in [1.807, 2.05) is 0 Å². The molecule has 0 bridgehead atoms. The minimum atomic E-state index is 0.618. The molecular formula is C11H18N2S. The molecule has 1 N–H and O–H groups in total. The quantitative estimate of drug-likeness (QED) is 0.806. The molecule has 2 heterocycles. The van der Waals surface area contributed by atoms with Crippen LogP contribution in [0.2, 0.25) is 0 Å². The summed E-state index contributed by atoms with van der Waals surface area (Å²) in [5.74, 6) is 0. The van der Waals surface area contributed by atoms with Crippen LogP contribution in [0.5, 0.6) is 0 Å². The fourth-order valence-corrected chi connectivity index (χ4v) is 2.63. The second kappa shape index (κ2) is 4.32. The Labute approximate surface area is 89.9 Å². The van der Waals surface area contributed by atoms with Crippen LogP contribution in [-0.2, 0) is 0 Å². The third-order valence-electron chi connectivity index (χ3n) is 2.98. The van der Waals surface area contributed by atoms with Gasteiger partial charge in [-0.05, 0) is 24.8 Å². The Bertz CT molecular complexity index is 271. The van der Waals surface area contributed by atoms with Gasteiger partial charge in [0.2, 0.25) is 0 Å². The van der Waals surface area contributed by atoms with E-state index >= 15 is 0 Å². The van der Waals surface area contributed by atoms with E-state index in [2.05, 4.69) is 40.9 Å². The van der Waals surface area contributed by atoms with Gasteiger partial charge in [-0.3, -0.25) is 0 Å². The van der Waals surface area contributed by atoms with Crippen molar-refractivity contribution in [1.29, 1.82) is 0 Å². The predicted octanol–water partition coefficient (Wildman–Crippen LogP) is 2.32. The molecule has 2 unspecified atom stereocenters. The maximum absolute atomic E-state index is 3.57. The molecule has 2 atom stereocenters. The van der Waals surface area contributed by atoms with Crippen LogP contribution in [0, 0.1) is 0 Å². The molecule has 1 aromatic rings. The number of hydrogen-bond acceptors (Lipinski definition) is 3. The van der Waals surface area contributed by atoms with Crippen molar-refractivity contribution in [1.82, 2.24) is 5.32 Å². The van der Waals surface area contributed by atoms with Gasteiger partial charge in [-0.25, -0.2) is 0 Å². The fraction of sp³-hybridized carbons (Fsp3) is 0.636. The van der Waals surface area contributed by atoms with Crippen molar-refractivity contribution in [2.24, 2.45) is 0 Å².